The van der Waals surface area contributed by atoms with Crippen LogP contribution in [0.5, 0.6) is 5.75 Å². The minimum Gasteiger partial charge on any atom is -0.488 e. The van der Waals surface area contributed by atoms with Crippen LogP contribution >= 0.6 is 11.6 Å². The molecule has 0 aliphatic rings. The average molecular weight is 448 g/mol. The Bertz CT molecular complexity index is 1320. The molecule has 0 radical (unpaired) electrons. The SMILES string of the molecule is CCN(Cc1nc2ccccc2c(=O)[nH]1)C(=O)c1ccccc1OCc1ccccc1Cl. The van der Waals surface area contributed by atoms with Gasteiger partial charge < -0.3 is 14.6 Å². The van der Waals surface area contributed by atoms with E-state index in [-0.39, 0.29) is 24.6 Å². The van der Waals surface area contributed by atoms with E-state index in [9.17, 15) is 9.59 Å². The number of benzene rings is 3. The molecule has 0 bridgehead atoms. The van der Waals surface area contributed by atoms with E-state index >= 15 is 0 Å². The standard InChI is InChI=1S/C25H22ClN3O3/c1-2-29(15-23-27-21-13-7-4-10-18(21)24(30)28-23)25(31)19-11-5-8-14-22(19)32-16-17-9-3-6-12-20(17)26/h3-14H,2,15-16H2,1H3,(H,27,28,30). The number of H-pyrrole nitrogens is 1. The highest BCUT2D eigenvalue weighted by atomic mass is 35.5. The lowest BCUT2D eigenvalue weighted by molar-refractivity contribution is 0.0743. The number of amides is 1. The second-order valence-corrected chi connectivity index (χ2v) is 7.63. The van der Waals surface area contributed by atoms with Gasteiger partial charge in [-0.1, -0.05) is 54.1 Å². The molecule has 162 valence electrons. The summed E-state index contributed by atoms with van der Waals surface area (Å²) in [5, 5.41) is 1.13. The second kappa shape index (κ2) is 9.66. The molecule has 1 heterocycles. The lowest BCUT2D eigenvalue weighted by atomic mass is 10.1. The van der Waals surface area contributed by atoms with Gasteiger partial charge >= 0.3 is 0 Å². The van der Waals surface area contributed by atoms with Crippen LogP contribution < -0.4 is 10.3 Å². The van der Waals surface area contributed by atoms with Crippen LogP contribution in [0.25, 0.3) is 10.9 Å². The maximum Gasteiger partial charge on any atom is 0.258 e. The lowest BCUT2D eigenvalue weighted by Gasteiger charge is -2.22. The zero-order valence-electron chi connectivity index (χ0n) is 17.5. The first-order valence-corrected chi connectivity index (χ1v) is 10.7. The van der Waals surface area contributed by atoms with Crippen molar-refractivity contribution in [1.29, 1.82) is 0 Å². The van der Waals surface area contributed by atoms with Gasteiger partial charge in [-0.3, -0.25) is 9.59 Å². The molecule has 1 N–H and O–H groups in total. The summed E-state index contributed by atoms with van der Waals surface area (Å²) >= 11 is 6.22. The number of rotatable bonds is 7. The first-order valence-electron chi connectivity index (χ1n) is 10.3. The Morgan fingerprint density at radius 3 is 2.56 bits per heavy atom. The number of para-hydroxylation sites is 2. The Kier molecular flexibility index (Phi) is 6.52. The lowest BCUT2D eigenvalue weighted by Crippen LogP contribution is -2.32. The molecule has 7 heteroatoms. The molecule has 0 aliphatic heterocycles. The molecule has 0 saturated carbocycles. The predicted octanol–water partition coefficient (Wildman–Crippen LogP) is 4.82. The quantitative estimate of drug-likeness (QED) is 0.440. The van der Waals surface area contributed by atoms with Crippen molar-refractivity contribution >= 4 is 28.4 Å². The largest absolute Gasteiger partial charge is 0.488 e. The summed E-state index contributed by atoms with van der Waals surface area (Å²) in [6, 6.07) is 21.6. The number of nitrogens with one attached hydrogen (secondary N) is 1. The van der Waals surface area contributed by atoms with E-state index in [4.69, 9.17) is 16.3 Å². The molecule has 4 aromatic rings. The number of aromatic nitrogens is 2. The molecular formula is C25H22ClN3O3. The van der Waals surface area contributed by atoms with E-state index in [1.807, 2.05) is 37.3 Å². The molecule has 0 aliphatic carbocycles. The number of hydrogen-bond acceptors (Lipinski definition) is 4. The fraction of sp³-hybridized carbons (Fsp3) is 0.160. The highest BCUT2D eigenvalue weighted by Gasteiger charge is 2.20. The minimum atomic E-state index is -0.224. The number of carbonyl (C=O) groups excluding carboxylic acids is 1. The third kappa shape index (κ3) is 4.65. The maximum absolute atomic E-state index is 13.3. The number of ether oxygens (including phenoxy) is 1. The van der Waals surface area contributed by atoms with Gasteiger partial charge in [-0.05, 0) is 37.3 Å². The van der Waals surface area contributed by atoms with Crippen molar-refractivity contribution in [2.45, 2.75) is 20.1 Å². The van der Waals surface area contributed by atoms with Crippen molar-refractivity contribution in [3.63, 3.8) is 0 Å². The second-order valence-electron chi connectivity index (χ2n) is 7.23. The summed E-state index contributed by atoms with van der Waals surface area (Å²) in [7, 11) is 0. The van der Waals surface area contributed by atoms with Crippen LogP contribution in [0.15, 0.2) is 77.6 Å². The number of halogens is 1. The van der Waals surface area contributed by atoms with Gasteiger partial charge in [0.15, 0.2) is 0 Å². The van der Waals surface area contributed by atoms with Crippen molar-refractivity contribution in [1.82, 2.24) is 14.9 Å². The molecule has 0 atom stereocenters. The number of fused-ring (bicyclic) bond motifs is 1. The molecule has 0 unspecified atom stereocenters. The molecule has 4 rings (SSSR count). The van der Waals surface area contributed by atoms with Crippen molar-refractivity contribution in [2.75, 3.05) is 6.54 Å². The van der Waals surface area contributed by atoms with Gasteiger partial charge in [-0.2, -0.15) is 0 Å². The molecule has 0 saturated heterocycles. The number of carbonyl (C=O) groups is 1. The van der Waals surface area contributed by atoms with Crippen LogP contribution in [-0.4, -0.2) is 27.3 Å². The van der Waals surface area contributed by atoms with Gasteiger partial charge in [0.25, 0.3) is 11.5 Å². The predicted molar refractivity (Wildman–Crippen MR) is 125 cm³/mol. The van der Waals surface area contributed by atoms with Crippen LogP contribution in [-0.2, 0) is 13.2 Å². The van der Waals surface area contributed by atoms with E-state index in [0.717, 1.165) is 5.56 Å². The Morgan fingerprint density at radius 1 is 1.03 bits per heavy atom. The normalized spacial score (nSPS) is 10.8. The van der Waals surface area contributed by atoms with Crippen LogP contribution in [0.1, 0.15) is 28.7 Å². The Hall–Kier alpha value is -3.64. The van der Waals surface area contributed by atoms with Gasteiger partial charge in [0.05, 0.1) is 23.0 Å². The van der Waals surface area contributed by atoms with E-state index < -0.39 is 0 Å². The summed E-state index contributed by atoms with van der Waals surface area (Å²) in [4.78, 5) is 34.6. The Balaban J connectivity index is 1.56. The molecule has 0 fully saturated rings. The monoisotopic (exact) mass is 447 g/mol. The molecular weight excluding hydrogens is 426 g/mol. The summed E-state index contributed by atoms with van der Waals surface area (Å²) in [6.07, 6.45) is 0. The highest BCUT2D eigenvalue weighted by molar-refractivity contribution is 6.31. The molecule has 1 aromatic heterocycles. The molecule has 0 spiro atoms. The van der Waals surface area contributed by atoms with Crippen LogP contribution in [0.2, 0.25) is 5.02 Å². The van der Waals surface area contributed by atoms with Gasteiger partial charge in [-0.25, -0.2) is 4.98 Å². The highest BCUT2D eigenvalue weighted by Crippen LogP contribution is 2.23. The summed E-state index contributed by atoms with van der Waals surface area (Å²) in [6.45, 7) is 2.74. The van der Waals surface area contributed by atoms with E-state index in [2.05, 4.69) is 9.97 Å². The van der Waals surface area contributed by atoms with Crippen LogP contribution in [0.3, 0.4) is 0 Å². The fourth-order valence-electron chi connectivity index (χ4n) is 3.43. The van der Waals surface area contributed by atoms with Crippen molar-refractivity contribution in [3.8, 4) is 5.75 Å². The first kappa shape index (κ1) is 21.6. The summed E-state index contributed by atoms with van der Waals surface area (Å²) in [5.74, 6) is 0.687. The Morgan fingerprint density at radius 2 is 1.75 bits per heavy atom. The van der Waals surface area contributed by atoms with Gasteiger partial charge in [0.2, 0.25) is 0 Å². The van der Waals surface area contributed by atoms with Crippen LogP contribution in [0, 0.1) is 0 Å². The van der Waals surface area contributed by atoms with Gasteiger partial charge in [0.1, 0.15) is 18.2 Å². The van der Waals surface area contributed by atoms with Gasteiger partial charge in [-0.15, -0.1) is 0 Å². The molecule has 6 nitrogen and oxygen atoms in total. The van der Waals surface area contributed by atoms with E-state index in [1.54, 1.807) is 47.4 Å². The smallest absolute Gasteiger partial charge is 0.258 e. The van der Waals surface area contributed by atoms with Gasteiger partial charge in [0, 0.05) is 17.1 Å². The zero-order valence-corrected chi connectivity index (χ0v) is 18.3. The number of nitrogens with zero attached hydrogens (tertiary/aromatic N) is 2. The number of aromatic amines is 1. The average Bonchev–Trinajstić information content (AvgIpc) is 2.82. The number of hydrogen-bond donors (Lipinski definition) is 1. The van der Waals surface area contributed by atoms with E-state index in [1.165, 1.54) is 0 Å². The topological polar surface area (TPSA) is 75.3 Å². The summed E-state index contributed by atoms with van der Waals surface area (Å²) in [5.41, 5.74) is 1.64. The van der Waals surface area contributed by atoms with Crippen molar-refractivity contribution in [3.05, 3.63) is 105 Å². The zero-order chi connectivity index (χ0) is 22.5. The van der Waals surface area contributed by atoms with Crippen LogP contribution in [0.4, 0.5) is 0 Å². The summed E-state index contributed by atoms with van der Waals surface area (Å²) < 4.78 is 5.94. The third-order valence-corrected chi connectivity index (χ3v) is 5.50. The maximum atomic E-state index is 13.3. The minimum absolute atomic E-state index is 0.175. The fourth-order valence-corrected chi connectivity index (χ4v) is 3.62. The molecule has 32 heavy (non-hydrogen) atoms. The third-order valence-electron chi connectivity index (χ3n) is 5.13. The Labute approximate surface area is 190 Å². The van der Waals surface area contributed by atoms with E-state index in [0.29, 0.717) is 39.6 Å². The molecule has 1 amide bonds. The van der Waals surface area contributed by atoms with Crippen molar-refractivity contribution < 1.29 is 9.53 Å². The first-order chi connectivity index (χ1) is 15.6. The van der Waals surface area contributed by atoms with Crippen molar-refractivity contribution in [2.24, 2.45) is 0 Å². The molecule has 3 aromatic carbocycles.